The van der Waals surface area contributed by atoms with Gasteiger partial charge in [0.25, 0.3) is 0 Å². The Labute approximate surface area is 154 Å². The number of ether oxygens (including phenoxy) is 1. The molecule has 0 aliphatic heterocycles. The van der Waals surface area contributed by atoms with Crippen molar-refractivity contribution in [3.05, 3.63) is 0 Å². The van der Waals surface area contributed by atoms with Crippen LogP contribution in [0.4, 0.5) is 4.79 Å². The zero-order valence-corrected chi connectivity index (χ0v) is 17.6. The number of amides is 1. The first-order chi connectivity index (χ1) is 11.3. The molecule has 0 spiro atoms. The average Bonchev–Trinajstić information content (AvgIpc) is 2.41. The molecule has 25 heavy (non-hydrogen) atoms. The van der Waals surface area contributed by atoms with E-state index in [1.807, 2.05) is 25.7 Å². The van der Waals surface area contributed by atoms with Gasteiger partial charge in [-0.05, 0) is 99.8 Å². The van der Waals surface area contributed by atoms with Gasteiger partial charge >= 0.3 is 6.09 Å². The molecule has 0 aromatic rings. The molecule has 1 saturated carbocycles. The molecule has 0 bridgehead atoms. The van der Waals surface area contributed by atoms with Crippen LogP contribution in [-0.4, -0.2) is 27.7 Å². The second-order valence-electron chi connectivity index (χ2n) is 10.2. The van der Waals surface area contributed by atoms with Gasteiger partial charge in [-0.2, -0.15) is 5.26 Å². The van der Waals surface area contributed by atoms with E-state index in [9.17, 15) is 4.79 Å². The van der Waals surface area contributed by atoms with Gasteiger partial charge in [-0.25, -0.2) is 4.79 Å². The Hall–Kier alpha value is -1.24. The zero-order valence-electron chi connectivity index (χ0n) is 17.6. The van der Waals surface area contributed by atoms with Gasteiger partial charge in [0.15, 0.2) is 0 Å². The average molecular weight is 351 g/mol. The molecule has 0 radical (unpaired) electrons. The molecule has 0 aromatic carbocycles. The SMILES string of the molecule is CC(C)(C)OC(=O)N(C(C)(C)C)C(C)(C)CCC1CCC(C#N)CC1. The maximum absolute atomic E-state index is 12.9. The number of nitrogens with zero attached hydrogens (tertiary/aromatic N) is 2. The number of nitriles is 1. The minimum absolute atomic E-state index is 0.238. The smallest absolute Gasteiger partial charge is 0.411 e. The van der Waals surface area contributed by atoms with Gasteiger partial charge in [0.2, 0.25) is 0 Å². The second-order valence-corrected chi connectivity index (χ2v) is 10.2. The first kappa shape index (κ1) is 21.8. The topological polar surface area (TPSA) is 53.3 Å². The lowest BCUT2D eigenvalue weighted by molar-refractivity contribution is -0.0299. The Morgan fingerprint density at radius 1 is 1.04 bits per heavy atom. The Morgan fingerprint density at radius 2 is 1.56 bits per heavy atom. The highest BCUT2D eigenvalue weighted by molar-refractivity contribution is 5.70. The van der Waals surface area contributed by atoms with Crippen LogP contribution in [0.15, 0.2) is 0 Å². The molecule has 0 unspecified atom stereocenters. The second kappa shape index (κ2) is 7.98. The Kier molecular flexibility index (Phi) is 6.95. The molecule has 1 rings (SSSR count). The largest absolute Gasteiger partial charge is 0.444 e. The van der Waals surface area contributed by atoms with Crippen molar-refractivity contribution in [1.82, 2.24) is 4.90 Å². The number of hydrogen-bond donors (Lipinski definition) is 0. The number of carbonyl (C=O) groups is 1. The van der Waals surface area contributed by atoms with Crippen molar-refractivity contribution >= 4 is 6.09 Å². The molecule has 1 aliphatic carbocycles. The maximum Gasteiger partial charge on any atom is 0.411 e. The van der Waals surface area contributed by atoms with E-state index in [-0.39, 0.29) is 23.1 Å². The summed E-state index contributed by atoms with van der Waals surface area (Å²) in [5, 5.41) is 9.04. The first-order valence-corrected chi connectivity index (χ1v) is 9.69. The highest BCUT2D eigenvalue weighted by atomic mass is 16.6. The molecule has 4 heteroatoms. The van der Waals surface area contributed by atoms with Crippen LogP contribution in [-0.2, 0) is 4.74 Å². The molecule has 0 aromatic heterocycles. The van der Waals surface area contributed by atoms with Crippen LogP contribution in [0.25, 0.3) is 0 Å². The molecule has 1 aliphatic rings. The van der Waals surface area contributed by atoms with Gasteiger partial charge < -0.3 is 4.74 Å². The Balaban J connectivity index is 2.76. The van der Waals surface area contributed by atoms with Crippen molar-refractivity contribution in [3.8, 4) is 6.07 Å². The summed E-state index contributed by atoms with van der Waals surface area (Å²) in [4.78, 5) is 14.8. The van der Waals surface area contributed by atoms with Crippen LogP contribution in [0.2, 0.25) is 0 Å². The molecule has 1 fully saturated rings. The van der Waals surface area contributed by atoms with E-state index in [2.05, 4.69) is 40.7 Å². The third-order valence-electron chi connectivity index (χ3n) is 5.05. The van der Waals surface area contributed by atoms with Crippen LogP contribution in [0, 0.1) is 23.2 Å². The Morgan fingerprint density at radius 3 is 1.96 bits per heavy atom. The van der Waals surface area contributed by atoms with E-state index in [1.54, 1.807) is 0 Å². The molecule has 0 heterocycles. The van der Waals surface area contributed by atoms with Crippen molar-refractivity contribution in [1.29, 1.82) is 5.26 Å². The van der Waals surface area contributed by atoms with Crippen LogP contribution in [0.1, 0.15) is 93.9 Å². The van der Waals surface area contributed by atoms with Crippen LogP contribution in [0.5, 0.6) is 0 Å². The monoisotopic (exact) mass is 350 g/mol. The fourth-order valence-corrected chi connectivity index (χ4v) is 3.99. The zero-order chi connectivity index (χ0) is 19.5. The van der Waals surface area contributed by atoms with Gasteiger partial charge in [-0.1, -0.05) is 0 Å². The fraction of sp³-hybridized carbons (Fsp3) is 0.905. The van der Waals surface area contributed by atoms with E-state index in [4.69, 9.17) is 10.00 Å². The summed E-state index contributed by atoms with van der Waals surface area (Å²) in [6.07, 6.45) is 6.13. The van der Waals surface area contributed by atoms with E-state index in [0.717, 1.165) is 38.5 Å². The first-order valence-electron chi connectivity index (χ1n) is 9.69. The van der Waals surface area contributed by atoms with Gasteiger partial charge in [0.05, 0.1) is 6.07 Å². The molecular formula is C21H38N2O2. The molecule has 0 saturated heterocycles. The summed E-state index contributed by atoms with van der Waals surface area (Å²) in [5.41, 5.74) is -1.07. The predicted octanol–water partition coefficient (Wildman–Crippen LogP) is 5.91. The van der Waals surface area contributed by atoms with Crippen molar-refractivity contribution < 1.29 is 9.53 Å². The van der Waals surface area contributed by atoms with Gasteiger partial charge in [0, 0.05) is 17.0 Å². The van der Waals surface area contributed by atoms with Crippen LogP contribution in [0.3, 0.4) is 0 Å². The summed E-state index contributed by atoms with van der Waals surface area (Å²) < 4.78 is 5.68. The summed E-state index contributed by atoms with van der Waals surface area (Å²) in [5.74, 6) is 0.918. The number of carbonyl (C=O) groups excluding carboxylic acids is 1. The molecule has 0 atom stereocenters. The highest BCUT2D eigenvalue weighted by Gasteiger charge is 2.41. The quantitative estimate of drug-likeness (QED) is 0.633. The van der Waals surface area contributed by atoms with Crippen LogP contribution >= 0.6 is 0 Å². The summed E-state index contributed by atoms with van der Waals surface area (Å²) in [7, 11) is 0. The molecular weight excluding hydrogens is 312 g/mol. The minimum Gasteiger partial charge on any atom is -0.444 e. The van der Waals surface area contributed by atoms with Crippen molar-refractivity contribution in [2.75, 3.05) is 0 Å². The van der Waals surface area contributed by atoms with Crippen molar-refractivity contribution in [3.63, 3.8) is 0 Å². The van der Waals surface area contributed by atoms with E-state index in [0.29, 0.717) is 5.92 Å². The maximum atomic E-state index is 12.9. The molecule has 144 valence electrons. The molecule has 0 N–H and O–H groups in total. The number of rotatable bonds is 4. The molecule has 4 nitrogen and oxygen atoms in total. The summed E-state index contributed by atoms with van der Waals surface area (Å²) in [6.45, 7) is 16.2. The fourth-order valence-electron chi connectivity index (χ4n) is 3.99. The van der Waals surface area contributed by atoms with Crippen molar-refractivity contribution in [2.45, 2.75) is 111 Å². The lowest BCUT2D eigenvalue weighted by Crippen LogP contribution is -2.58. The highest BCUT2D eigenvalue weighted by Crippen LogP contribution is 2.36. The van der Waals surface area contributed by atoms with Crippen LogP contribution < -0.4 is 0 Å². The third-order valence-corrected chi connectivity index (χ3v) is 5.05. The van der Waals surface area contributed by atoms with E-state index >= 15 is 0 Å². The normalized spacial score (nSPS) is 22.2. The van der Waals surface area contributed by atoms with Gasteiger partial charge in [-0.15, -0.1) is 0 Å². The number of hydrogen-bond acceptors (Lipinski definition) is 3. The van der Waals surface area contributed by atoms with Gasteiger partial charge in [-0.3, -0.25) is 4.90 Å². The predicted molar refractivity (Wildman–Crippen MR) is 102 cm³/mol. The lowest BCUT2D eigenvalue weighted by Gasteiger charge is -2.47. The molecule has 1 amide bonds. The van der Waals surface area contributed by atoms with Gasteiger partial charge in [0.1, 0.15) is 5.60 Å². The third kappa shape index (κ3) is 6.88. The summed E-state index contributed by atoms with van der Waals surface area (Å²) >= 11 is 0. The standard InChI is InChI=1S/C21H38N2O2/c1-19(2,3)23(18(24)25-20(4,5)6)21(7,8)14-13-16-9-11-17(15-22)12-10-16/h16-17H,9-14H2,1-8H3. The van der Waals surface area contributed by atoms with E-state index < -0.39 is 5.60 Å². The summed E-state index contributed by atoms with van der Waals surface area (Å²) in [6, 6.07) is 2.40. The van der Waals surface area contributed by atoms with Crippen molar-refractivity contribution in [2.24, 2.45) is 11.8 Å². The Bertz CT molecular complexity index is 483. The lowest BCUT2D eigenvalue weighted by atomic mass is 9.78. The van der Waals surface area contributed by atoms with E-state index in [1.165, 1.54) is 0 Å². The minimum atomic E-state index is -0.494.